The quantitative estimate of drug-likeness (QED) is 0.885. The Hall–Kier alpha value is -1.84. The number of hydrogen-bond acceptors (Lipinski definition) is 3. The topological polar surface area (TPSA) is 38.1 Å². The molecular formula is C13H15FN2O. The number of nitrogens with one attached hydrogen (secondary N) is 1. The van der Waals surface area contributed by atoms with Gasteiger partial charge in [0.25, 0.3) is 0 Å². The first-order chi connectivity index (χ1) is 8.08. The SMILES string of the molecule is Cc1cccc(F)c1NCc1nc(C)c(C)o1. The lowest BCUT2D eigenvalue weighted by molar-refractivity contribution is 0.477. The fraction of sp³-hybridized carbons (Fsp3) is 0.308. The molecule has 0 saturated heterocycles. The van der Waals surface area contributed by atoms with Crippen molar-refractivity contribution in [2.24, 2.45) is 0 Å². The molecule has 0 aliphatic heterocycles. The summed E-state index contributed by atoms with van der Waals surface area (Å²) in [4.78, 5) is 4.23. The molecule has 0 bridgehead atoms. The number of oxazole rings is 1. The van der Waals surface area contributed by atoms with Crippen LogP contribution in [0.3, 0.4) is 0 Å². The van der Waals surface area contributed by atoms with Crippen molar-refractivity contribution >= 4 is 5.69 Å². The zero-order chi connectivity index (χ0) is 12.4. The first kappa shape index (κ1) is 11.6. The van der Waals surface area contributed by atoms with E-state index >= 15 is 0 Å². The lowest BCUT2D eigenvalue weighted by Gasteiger charge is -2.08. The van der Waals surface area contributed by atoms with Gasteiger partial charge in [-0.15, -0.1) is 0 Å². The zero-order valence-electron chi connectivity index (χ0n) is 10.2. The molecule has 0 aliphatic rings. The summed E-state index contributed by atoms with van der Waals surface area (Å²) in [7, 11) is 0. The molecule has 2 aromatic rings. The summed E-state index contributed by atoms with van der Waals surface area (Å²) in [6.07, 6.45) is 0. The minimum atomic E-state index is -0.259. The molecule has 0 radical (unpaired) electrons. The van der Waals surface area contributed by atoms with Gasteiger partial charge in [0.05, 0.1) is 17.9 Å². The van der Waals surface area contributed by atoms with Crippen LogP contribution in [0.4, 0.5) is 10.1 Å². The van der Waals surface area contributed by atoms with Crippen molar-refractivity contribution in [2.75, 3.05) is 5.32 Å². The Balaban J connectivity index is 2.12. The summed E-state index contributed by atoms with van der Waals surface area (Å²) in [5, 5.41) is 3.01. The smallest absolute Gasteiger partial charge is 0.213 e. The molecule has 0 aliphatic carbocycles. The predicted octanol–water partition coefficient (Wildman–Crippen LogP) is 3.35. The molecule has 1 heterocycles. The predicted molar refractivity (Wildman–Crippen MR) is 64.4 cm³/mol. The molecular weight excluding hydrogens is 219 g/mol. The molecule has 0 unspecified atom stereocenters. The summed E-state index contributed by atoms with van der Waals surface area (Å²) in [5.41, 5.74) is 2.23. The summed E-state index contributed by atoms with van der Waals surface area (Å²) < 4.78 is 18.9. The lowest BCUT2D eigenvalue weighted by Crippen LogP contribution is -2.03. The van der Waals surface area contributed by atoms with Crippen LogP contribution in [0.25, 0.3) is 0 Å². The van der Waals surface area contributed by atoms with Gasteiger partial charge >= 0.3 is 0 Å². The highest BCUT2D eigenvalue weighted by atomic mass is 19.1. The third kappa shape index (κ3) is 2.46. The van der Waals surface area contributed by atoms with Crippen molar-refractivity contribution in [2.45, 2.75) is 27.3 Å². The number of nitrogens with zero attached hydrogens (tertiary/aromatic N) is 1. The van der Waals surface area contributed by atoms with Crippen molar-refractivity contribution < 1.29 is 8.81 Å². The maximum absolute atomic E-state index is 13.5. The molecule has 1 aromatic carbocycles. The maximum Gasteiger partial charge on any atom is 0.213 e. The van der Waals surface area contributed by atoms with Crippen LogP contribution >= 0.6 is 0 Å². The molecule has 0 saturated carbocycles. The van der Waals surface area contributed by atoms with E-state index in [1.54, 1.807) is 6.07 Å². The molecule has 0 spiro atoms. The van der Waals surface area contributed by atoms with E-state index < -0.39 is 0 Å². The largest absolute Gasteiger partial charge is 0.444 e. The Kier molecular flexibility index (Phi) is 3.13. The van der Waals surface area contributed by atoms with E-state index in [2.05, 4.69) is 10.3 Å². The summed E-state index contributed by atoms with van der Waals surface area (Å²) in [6.45, 7) is 5.99. The third-order valence-corrected chi connectivity index (χ3v) is 2.71. The van der Waals surface area contributed by atoms with Crippen LogP contribution in [-0.4, -0.2) is 4.98 Å². The molecule has 0 amide bonds. The second-order valence-electron chi connectivity index (χ2n) is 4.03. The number of rotatable bonds is 3. The Morgan fingerprint density at radius 3 is 2.65 bits per heavy atom. The van der Waals surface area contributed by atoms with E-state index in [1.807, 2.05) is 26.8 Å². The average molecular weight is 234 g/mol. The van der Waals surface area contributed by atoms with E-state index in [4.69, 9.17) is 4.42 Å². The van der Waals surface area contributed by atoms with Gasteiger partial charge in [0.2, 0.25) is 5.89 Å². The average Bonchev–Trinajstić information content (AvgIpc) is 2.58. The Labute approximate surface area is 99.7 Å². The van der Waals surface area contributed by atoms with Gasteiger partial charge in [-0.25, -0.2) is 9.37 Å². The first-order valence-corrected chi connectivity index (χ1v) is 5.50. The van der Waals surface area contributed by atoms with Gasteiger partial charge in [0.15, 0.2) is 0 Å². The highest BCUT2D eigenvalue weighted by molar-refractivity contribution is 5.51. The van der Waals surface area contributed by atoms with E-state index in [1.165, 1.54) is 6.07 Å². The number of aromatic nitrogens is 1. The standard InChI is InChI=1S/C13H15FN2O/c1-8-5-4-6-11(14)13(8)15-7-12-16-9(2)10(3)17-12/h4-6,15H,7H2,1-3H3. The van der Waals surface area contributed by atoms with Gasteiger partial charge in [-0.2, -0.15) is 0 Å². The number of para-hydroxylation sites is 1. The lowest BCUT2D eigenvalue weighted by atomic mass is 10.2. The van der Waals surface area contributed by atoms with E-state index in [0.29, 0.717) is 18.1 Å². The molecule has 3 nitrogen and oxygen atoms in total. The second-order valence-corrected chi connectivity index (χ2v) is 4.03. The normalized spacial score (nSPS) is 10.6. The number of benzene rings is 1. The molecule has 0 atom stereocenters. The number of anilines is 1. The van der Waals surface area contributed by atoms with Crippen molar-refractivity contribution in [3.05, 3.63) is 46.9 Å². The highest BCUT2D eigenvalue weighted by Crippen LogP contribution is 2.19. The van der Waals surface area contributed by atoms with Gasteiger partial charge in [-0.1, -0.05) is 12.1 Å². The van der Waals surface area contributed by atoms with Crippen LogP contribution in [-0.2, 0) is 6.54 Å². The molecule has 1 N–H and O–H groups in total. The molecule has 2 rings (SSSR count). The van der Waals surface area contributed by atoms with Crippen molar-refractivity contribution in [1.29, 1.82) is 0 Å². The Morgan fingerprint density at radius 1 is 1.29 bits per heavy atom. The van der Waals surface area contributed by atoms with E-state index in [-0.39, 0.29) is 5.82 Å². The number of halogens is 1. The van der Waals surface area contributed by atoms with Gasteiger partial charge < -0.3 is 9.73 Å². The number of aryl methyl sites for hydroxylation is 3. The summed E-state index contributed by atoms with van der Waals surface area (Å²) in [5.74, 6) is 1.11. The van der Waals surface area contributed by atoms with Gasteiger partial charge in [0.1, 0.15) is 11.6 Å². The first-order valence-electron chi connectivity index (χ1n) is 5.50. The van der Waals surface area contributed by atoms with Crippen LogP contribution in [0.15, 0.2) is 22.6 Å². The minimum absolute atomic E-state index is 0.259. The van der Waals surface area contributed by atoms with Crippen LogP contribution in [0.1, 0.15) is 22.9 Å². The fourth-order valence-corrected chi connectivity index (χ4v) is 1.63. The third-order valence-electron chi connectivity index (χ3n) is 2.71. The molecule has 0 fully saturated rings. The van der Waals surface area contributed by atoms with Crippen LogP contribution in [0.5, 0.6) is 0 Å². The van der Waals surface area contributed by atoms with Crippen molar-refractivity contribution in [1.82, 2.24) is 4.98 Å². The summed E-state index contributed by atoms with van der Waals surface area (Å²) in [6, 6.07) is 4.98. The van der Waals surface area contributed by atoms with Crippen LogP contribution in [0, 0.1) is 26.6 Å². The monoisotopic (exact) mass is 234 g/mol. The molecule has 1 aromatic heterocycles. The van der Waals surface area contributed by atoms with Crippen LogP contribution in [0.2, 0.25) is 0 Å². The second kappa shape index (κ2) is 4.57. The van der Waals surface area contributed by atoms with E-state index in [9.17, 15) is 4.39 Å². The number of hydrogen-bond donors (Lipinski definition) is 1. The zero-order valence-corrected chi connectivity index (χ0v) is 10.2. The molecule has 90 valence electrons. The maximum atomic E-state index is 13.5. The minimum Gasteiger partial charge on any atom is -0.444 e. The van der Waals surface area contributed by atoms with Gasteiger partial charge in [0, 0.05) is 0 Å². The Morgan fingerprint density at radius 2 is 2.06 bits per heavy atom. The summed E-state index contributed by atoms with van der Waals surface area (Å²) >= 11 is 0. The van der Waals surface area contributed by atoms with E-state index in [0.717, 1.165) is 17.0 Å². The molecule has 4 heteroatoms. The van der Waals surface area contributed by atoms with Gasteiger partial charge in [-0.05, 0) is 32.4 Å². The fourth-order valence-electron chi connectivity index (χ4n) is 1.63. The van der Waals surface area contributed by atoms with Crippen molar-refractivity contribution in [3.8, 4) is 0 Å². The van der Waals surface area contributed by atoms with Crippen molar-refractivity contribution in [3.63, 3.8) is 0 Å². The highest BCUT2D eigenvalue weighted by Gasteiger charge is 2.08. The van der Waals surface area contributed by atoms with Gasteiger partial charge in [-0.3, -0.25) is 0 Å². The Bertz CT molecular complexity index is 494. The van der Waals surface area contributed by atoms with Crippen LogP contribution < -0.4 is 5.32 Å². The molecule has 17 heavy (non-hydrogen) atoms.